The summed E-state index contributed by atoms with van der Waals surface area (Å²) in [5.74, 6) is 0. The molecule has 0 amide bonds. The summed E-state index contributed by atoms with van der Waals surface area (Å²) in [7, 11) is 0. The van der Waals surface area contributed by atoms with Gasteiger partial charge in [-0.2, -0.15) is 0 Å². The maximum Gasteiger partial charge on any atom is 0.150 e. The van der Waals surface area contributed by atoms with E-state index in [-0.39, 0.29) is 0 Å². The number of carbonyl (C=O) groups excluding carboxylic acids is 1. The van der Waals surface area contributed by atoms with Crippen molar-refractivity contribution in [1.29, 1.82) is 0 Å². The van der Waals surface area contributed by atoms with Gasteiger partial charge in [-0.15, -0.1) is 0 Å². The van der Waals surface area contributed by atoms with Crippen molar-refractivity contribution in [2.24, 2.45) is 0 Å². The lowest BCUT2D eigenvalue weighted by Crippen LogP contribution is -2.12. The van der Waals surface area contributed by atoms with Crippen molar-refractivity contribution in [2.45, 2.75) is 25.7 Å². The number of hydrogen-bond acceptors (Lipinski definition) is 2. The fourth-order valence-electron chi connectivity index (χ4n) is 5.59. The molecule has 41 heavy (non-hydrogen) atoms. The molecular formula is C39H33NO. The molecule has 0 fully saturated rings. The predicted molar refractivity (Wildman–Crippen MR) is 172 cm³/mol. The monoisotopic (exact) mass is 531 g/mol. The highest BCUT2D eigenvalue weighted by Crippen LogP contribution is 2.37. The van der Waals surface area contributed by atoms with E-state index >= 15 is 0 Å². The van der Waals surface area contributed by atoms with Crippen LogP contribution in [0.1, 0.15) is 51.0 Å². The van der Waals surface area contributed by atoms with E-state index in [1.54, 1.807) is 0 Å². The highest BCUT2D eigenvalue weighted by Gasteiger charge is 2.16. The standard InChI is InChI=1S/C39H33NO/c41-29-31-20-25-37(26-21-31)40(38-27-22-32-11-7-8-16-35(32)28-38)36-23-18-30(19-24-36)10-9-17-39(33-12-3-1-4-13-33)34-14-5-2-6-15-34/h1-6,9-10,12-15,17-29H,7-8,11,16H2. The average Bonchev–Trinajstić information content (AvgIpc) is 3.05. The van der Waals surface area contributed by atoms with Gasteiger partial charge in [0.1, 0.15) is 6.29 Å². The Morgan fingerprint density at radius 3 is 1.68 bits per heavy atom. The summed E-state index contributed by atoms with van der Waals surface area (Å²) >= 11 is 0. The summed E-state index contributed by atoms with van der Waals surface area (Å²) in [5, 5.41) is 0. The molecular weight excluding hydrogens is 498 g/mol. The molecule has 1 aliphatic carbocycles. The lowest BCUT2D eigenvalue weighted by Gasteiger charge is -2.27. The Bertz CT molecular complexity index is 1620. The largest absolute Gasteiger partial charge is 0.310 e. The summed E-state index contributed by atoms with van der Waals surface area (Å²) in [4.78, 5) is 13.6. The Kier molecular flexibility index (Phi) is 8.00. The highest BCUT2D eigenvalue weighted by molar-refractivity contribution is 5.82. The van der Waals surface area contributed by atoms with Crippen LogP contribution in [0, 0.1) is 0 Å². The Hall–Kier alpha value is -4.95. The van der Waals surface area contributed by atoms with E-state index in [0.29, 0.717) is 5.56 Å². The van der Waals surface area contributed by atoms with E-state index in [4.69, 9.17) is 0 Å². The third kappa shape index (κ3) is 6.13. The van der Waals surface area contributed by atoms with E-state index < -0.39 is 0 Å². The normalized spacial score (nSPS) is 12.5. The van der Waals surface area contributed by atoms with Gasteiger partial charge in [-0.3, -0.25) is 4.79 Å². The second-order valence-electron chi connectivity index (χ2n) is 10.5. The topological polar surface area (TPSA) is 20.3 Å². The van der Waals surface area contributed by atoms with Crippen LogP contribution in [0.25, 0.3) is 11.6 Å². The van der Waals surface area contributed by atoms with Crippen LogP contribution >= 0.6 is 0 Å². The van der Waals surface area contributed by atoms with Gasteiger partial charge in [0, 0.05) is 22.6 Å². The molecule has 0 N–H and O–H groups in total. The van der Waals surface area contributed by atoms with Crippen molar-refractivity contribution in [1.82, 2.24) is 0 Å². The third-order valence-electron chi connectivity index (χ3n) is 7.75. The number of allylic oxidation sites excluding steroid dienone is 2. The molecule has 0 saturated carbocycles. The Morgan fingerprint density at radius 1 is 0.561 bits per heavy atom. The molecule has 200 valence electrons. The summed E-state index contributed by atoms with van der Waals surface area (Å²) < 4.78 is 0. The van der Waals surface area contributed by atoms with Gasteiger partial charge in [-0.05, 0) is 108 Å². The second-order valence-corrected chi connectivity index (χ2v) is 10.5. The number of hydrogen-bond donors (Lipinski definition) is 0. The fourth-order valence-corrected chi connectivity index (χ4v) is 5.59. The summed E-state index contributed by atoms with van der Waals surface area (Å²) in [6.45, 7) is 0. The van der Waals surface area contributed by atoms with Crippen LogP contribution in [0.3, 0.4) is 0 Å². The van der Waals surface area contributed by atoms with Gasteiger partial charge < -0.3 is 4.90 Å². The molecule has 0 bridgehead atoms. The molecule has 5 aromatic carbocycles. The molecule has 0 heterocycles. The summed E-state index contributed by atoms with van der Waals surface area (Å²) in [5.41, 5.74) is 11.6. The fraction of sp³-hybridized carbons (Fsp3) is 0.103. The van der Waals surface area contributed by atoms with Crippen LogP contribution in [0.15, 0.2) is 140 Å². The maximum absolute atomic E-state index is 11.3. The Morgan fingerprint density at radius 2 is 1.10 bits per heavy atom. The lowest BCUT2D eigenvalue weighted by atomic mass is 9.91. The highest BCUT2D eigenvalue weighted by atomic mass is 16.1. The second kappa shape index (κ2) is 12.5. The molecule has 0 unspecified atom stereocenters. The van der Waals surface area contributed by atoms with Crippen molar-refractivity contribution >= 4 is 35.0 Å². The molecule has 2 nitrogen and oxygen atoms in total. The van der Waals surface area contributed by atoms with Crippen molar-refractivity contribution in [2.75, 3.05) is 4.90 Å². The van der Waals surface area contributed by atoms with Gasteiger partial charge >= 0.3 is 0 Å². The van der Waals surface area contributed by atoms with Crippen molar-refractivity contribution in [3.63, 3.8) is 0 Å². The quantitative estimate of drug-likeness (QED) is 0.147. The predicted octanol–water partition coefficient (Wildman–Crippen LogP) is 9.99. The molecule has 0 spiro atoms. The van der Waals surface area contributed by atoms with E-state index in [9.17, 15) is 4.79 Å². The van der Waals surface area contributed by atoms with Gasteiger partial charge in [0.25, 0.3) is 0 Å². The lowest BCUT2D eigenvalue weighted by molar-refractivity contribution is 0.112. The first-order valence-corrected chi connectivity index (χ1v) is 14.3. The molecule has 0 aromatic heterocycles. The molecule has 0 atom stereocenters. The van der Waals surface area contributed by atoms with Crippen molar-refractivity contribution in [3.8, 4) is 0 Å². The molecule has 0 saturated heterocycles. The van der Waals surface area contributed by atoms with Crippen LogP contribution < -0.4 is 4.90 Å². The minimum Gasteiger partial charge on any atom is -0.310 e. The summed E-state index contributed by atoms with van der Waals surface area (Å²) in [6.07, 6.45) is 12.2. The van der Waals surface area contributed by atoms with Crippen molar-refractivity contribution < 1.29 is 4.79 Å². The number of rotatable bonds is 8. The van der Waals surface area contributed by atoms with Gasteiger partial charge in [-0.25, -0.2) is 0 Å². The van der Waals surface area contributed by atoms with E-state index in [1.165, 1.54) is 40.7 Å². The minimum atomic E-state index is 0.679. The molecule has 2 heteroatoms. The van der Waals surface area contributed by atoms with Gasteiger partial charge in [0.05, 0.1) is 0 Å². The molecule has 6 rings (SSSR count). The number of anilines is 3. The van der Waals surface area contributed by atoms with Crippen molar-refractivity contribution in [3.05, 3.63) is 173 Å². The number of carbonyl (C=O) groups is 1. The smallest absolute Gasteiger partial charge is 0.150 e. The molecule has 0 aliphatic heterocycles. The zero-order valence-electron chi connectivity index (χ0n) is 23.1. The average molecular weight is 532 g/mol. The number of aldehydes is 1. The Balaban J connectivity index is 1.31. The number of nitrogens with zero attached hydrogens (tertiary/aromatic N) is 1. The molecule has 1 aliphatic rings. The van der Waals surface area contributed by atoms with Crippen LogP contribution in [0.4, 0.5) is 17.1 Å². The SMILES string of the molecule is O=Cc1ccc(N(c2ccc(C=CC=C(c3ccccc3)c3ccccc3)cc2)c2ccc3c(c2)CCCC3)cc1. The van der Waals surface area contributed by atoms with Crippen LogP contribution in [-0.2, 0) is 12.8 Å². The Labute approximate surface area is 242 Å². The minimum absolute atomic E-state index is 0.679. The van der Waals surface area contributed by atoms with Crippen LogP contribution in [-0.4, -0.2) is 6.29 Å². The number of fused-ring (bicyclic) bond motifs is 1. The number of aryl methyl sites for hydroxylation is 2. The van der Waals surface area contributed by atoms with Crippen LogP contribution in [0.2, 0.25) is 0 Å². The maximum atomic E-state index is 11.3. The third-order valence-corrected chi connectivity index (χ3v) is 7.75. The van der Waals surface area contributed by atoms with Gasteiger partial charge in [0.2, 0.25) is 0 Å². The van der Waals surface area contributed by atoms with Gasteiger partial charge in [0.15, 0.2) is 0 Å². The van der Waals surface area contributed by atoms with E-state index in [2.05, 4.69) is 114 Å². The molecule has 0 radical (unpaired) electrons. The first-order chi connectivity index (χ1) is 20.3. The zero-order valence-corrected chi connectivity index (χ0v) is 23.1. The van der Waals surface area contributed by atoms with E-state index in [1.807, 2.05) is 36.4 Å². The first kappa shape index (κ1) is 26.3. The summed E-state index contributed by atoms with van der Waals surface area (Å²) in [6, 6.07) is 44.4. The zero-order chi connectivity index (χ0) is 27.9. The van der Waals surface area contributed by atoms with Gasteiger partial charge in [-0.1, -0.05) is 97.1 Å². The van der Waals surface area contributed by atoms with Crippen LogP contribution in [0.5, 0.6) is 0 Å². The number of benzene rings is 5. The van der Waals surface area contributed by atoms with E-state index in [0.717, 1.165) is 41.8 Å². The molecule has 5 aromatic rings. The first-order valence-electron chi connectivity index (χ1n) is 14.3.